The Morgan fingerprint density at radius 1 is 1.43 bits per heavy atom. The Balaban J connectivity index is 1.76. The maximum Gasteiger partial charge on any atom is 0.226 e. The lowest BCUT2D eigenvalue weighted by atomic mass is 9.94. The van der Waals surface area contributed by atoms with Crippen molar-refractivity contribution >= 4 is 16.9 Å². The van der Waals surface area contributed by atoms with Crippen molar-refractivity contribution in [1.82, 2.24) is 14.9 Å². The van der Waals surface area contributed by atoms with Gasteiger partial charge in [-0.2, -0.15) is 0 Å². The number of fused-ring (bicyclic) bond motifs is 1. The molecule has 1 aliphatic heterocycles. The molecule has 5 heteroatoms. The van der Waals surface area contributed by atoms with E-state index in [2.05, 4.69) is 34.8 Å². The van der Waals surface area contributed by atoms with Crippen molar-refractivity contribution < 1.29 is 9.53 Å². The molecule has 0 aliphatic carbocycles. The smallest absolute Gasteiger partial charge is 0.226 e. The van der Waals surface area contributed by atoms with E-state index in [9.17, 15) is 4.79 Å². The highest BCUT2D eigenvalue weighted by Crippen LogP contribution is 2.22. The lowest BCUT2D eigenvalue weighted by Crippen LogP contribution is -2.40. The van der Waals surface area contributed by atoms with E-state index in [0.717, 1.165) is 36.3 Å². The molecule has 1 N–H and O–H groups in total. The van der Waals surface area contributed by atoms with Gasteiger partial charge in [0.25, 0.3) is 0 Å². The number of ether oxygens (including phenoxy) is 1. The first-order valence-electron chi connectivity index (χ1n) is 8.43. The predicted octanol–water partition coefficient (Wildman–Crippen LogP) is 3.05. The van der Waals surface area contributed by atoms with E-state index >= 15 is 0 Å². The molecule has 0 spiro atoms. The largest absolute Gasteiger partial charge is 0.378 e. The van der Waals surface area contributed by atoms with E-state index < -0.39 is 0 Å². The normalized spacial score (nSPS) is 21.7. The average Bonchev–Trinajstić information content (AvgIpc) is 2.91. The van der Waals surface area contributed by atoms with Crippen molar-refractivity contribution in [2.24, 2.45) is 5.92 Å². The summed E-state index contributed by atoms with van der Waals surface area (Å²) in [6, 6.07) is 8.39. The molecule has 0 radical (unpaired) electrons. The van der Waals surface area contributed by atoms with E-state index in [-0.39, 0.29) is 17.9 Å². The molecule has 2 heterocycles. The standard InChI is InChI=1S/C18H25N3O2/c1-12(2)21-16-9-5-4-8-15(16)20-17(21)11-19-18(22)14-7-6-10-23-13(14)3/h4-5,8-9,12-14H,6-7,10-11H2,1-3H3,(H,19,22). The van der Waals surface area contributed by atoms with Crippen LogP contribution in [0.4, 0.5) is 0 Å². The highest BCUT2D eigenvalue weighted by Gasteiger charge is 2.28. The summed E-state index contributed by atoms with van der Waals surface area (Å²) < 4.78 is 7.78. The van der Waals surface area contributed by atoms with Crippen molar-refractivity contribution in [3.05, 3.63) is 30.1 Å². The van der Waals surface area contributed by atoms with Crippen molar-refractivity contribution in [1.29, 1.82) is 0 Å². The van der Waals surface area contributed by atoms with Crippen LogP contribution in [0.25, 0.3) is 11.0 Å². The molecule has 124 valence electrons. The second-order valence-electron chi connectivity index (χ2n) is 6.52. The molecule has 0 bridgehead atoms. The number of carbonyl (C=O) groups excluding carboxylic acids is 1. The number of imidazole rings is 1. The number of benzene rings is 1. The average molecular weight is 315 g/mol. The third-order valence-corrected chi connectivity index (χ3v) is 4.55. The summed E-state index contributed by atoms with van der Waals surface area (Å²) in [7, 11) is 0. The van der Waals surface area contributed by atoms with Gasteiger partial charge in [-0.25, -0.2) is 4.98 Å². The van der Waals surface area contributed by atoms with Gasteiger partial charge in [-0.15, -0.1) is 0 Å². The Hall–Kier alpha value is -1.88. The number of hydrogen-bond donors (Lipinski definition) is 1. The van der Waals surface area contributed by atoms with Gasteiger partial charge in [0.05, 0.1) is 29.6 Å². The van der Waals surface area contributed by atoms with Gasteiger partial charge in [0.1, 0.15) is 5.82 Å². The molecule has 23 heavy (non-hydrogen) atoms. The molecular formula is C18H25N3O2. The van der Waals surface area contributed by atoms with E-state index in [4.69, 9.17) is 4.74 Å². The quantitative estimate of drug-likeness (QED) is 0.943. The molecule has 3 rings (SSSR count). The summed E-state index contributed by atoms with van der Waals surface area (Å²) in [4.78, 5) is 17.1. The zero-order valence-electron chi connectivity index (χ0n) is 14.1. The lowest BCUT2D eigenvalue weighted by molar-refractivity contribution is -0.133. The van der Waals surface area contributed by atoms with Crippen LogP contribution in [-0.2, 0) is 16.1 Å². The summed E-state index contributed by atoms with van der Waals surface area (Å²) in [6.45, 7) is 7.46. The lowest BCUT2D eigenvalue weighted by Gasteiger charge is -2.28. The molecule has 2 unspecified atom stereocenters. The fraction of sp³-hybridized carbons (Fsp3) is 0.556. The minimum absolute atomic E-state index is 0.00679. The number of hydrogen-bond acceptors (Lipinski definition) is 3. The number of nitrogens with one attached hydrogen (secondary N) is 1. The Kier molecular flexibility index (Phi) is 4.66. The van der Waals surface area contributed by atoms with Gasteiger partial charge in [0, 0.05) is 12.6 Å². The van der Waals surface area contributed by atoms with Crippen LogP contribution in [0.2, 0.25) is 0 Å². The van der Waals surface area contributed by atoms with Crippen LogP contribution in [-0.4, -0.2) is 28.2 Å². The maximum absolute atomic E-state index is 12.5. The Morgan fingerprint density at radius 3 is 2.96 bits per heavy atom. The van der Waals surface area contributed by atoms with Crippen LogP contribution in [0.1, 0.15) is 45.5 Å². The molecule has 1 aromatic heterocycles. The van der Waals surface area contributed by atoms with Crippen molar-refractivity contribution in [3.8, 4) is 0 Å². The van der Waals surface area contributed by atoms with E-state index in [1.165, 1.54) is 0 Å². The zero-order chi connectivity index (χ0) is 16.4. The molecule has 0 saturated carbocycles. The fourth-order valence-corrected chi connectivity index (χ4v) is 3.36. The number of para-hydroxylation sites is 2. The van der Waals surface area contributed by atoms with Gasteiger partial charge in [-0.3, -0.25) is 4.79 Å². The summed E-state index contributed by atoms with van der Waals surface area (Å²) in [5.41, 5.74) is 2.08. The molecule has 1 amide bonds. The van der Waals surface area contributed by atoms with Crippen LogP contribution in [0.5, 0.6) is 0 Å². The molecular weight excluding hydrogens is 290 g/mol. The van der Waals surface area contributed by atoms with Crippen LogP contribution >= 0.6 is 0 Å². The first kappa shape index (κ1) is 16.0. The number of amides is 1. The van der Waals surface area contributed by atoms with Gasteiger partial charge in [0.15, 0.2) is 0 Å². The van der Waals surface area contributed by atoms with Crippen LogP contribution in [0, 0.1) is 5.92 Å². The van der Waals surface area contributed by atoms with E-state index in [1.54, 1.807) is 0 Å². The SMILES string of the molecule is CC1OCCCC1C(=O)NCc1nc2ccccc2n1C(C)C. The highest BCUT2D eigenvalue weighted by molar-refractivity contribution is 5.79. The number of carbonyl (C=O) groups is 1. The van der Waals surface area contributed by atoms with Gasteiger partial charge >= 0.3 is 0 Å². The number of nitrogens with zero attached hydrogens (tertiary/aromatic N) is 2. The van der Waals surface area contributed by atoms with Gasteiger partial charge in [0.2, 0.25) is 5.91 Å². The summed E-state index contributed by atoms with van der Waals surface area (Å²) in [5.74, 6) is 0.916. The van der Waals surface area contributed by atoms with Crippen molar-refractivity contribution in [3.63, 3.8) is 0 Å². The zero-order valence-corrected chi connectivity index (χ0v) is 14.1. The van der Waals surface area contributed by atoms with Gasteiger partial charge < -0.3 is 14.6 Å². The summed E-state index contributed by atoms with van der Waals surface area (Å²) in [6.07, 6.45) is 1.84. The monoisotopic (exact) mass is 315 g/mol. The molecule has 1 fully saturated rings. The Bertz CT molecular complexity index is 693. The maximum atomic E-state index is 12.5. The molecule has 1 aromatic carbocycles. The Morgan fingerprint density at radius 2 is 2.22 bits per heavy atom. The first-order valence-corrected chi connectivity index (χ1v) is 8.43. The fourth-order valence-electron chi connectivity index (χ4n) is 3.36. The molecule has 1 saturated heterocycles. The van der Waals surface area contributed by atoms with Crippen molar-refractivity contribution in [2.75, 3.05) is 6.61 Å². The van der Waals surface area contributed by atoms with E-state index in [0.29, 0.717) is 12.6 Å². The summed E-state index contributed by atoms with van der Waals surface area (Å²) in [5, 5.41) is 3.05. The third kappa shape index (κ3) is 3.24. The predicted molar refractivity (Wildman–Crippen MR) is 90.1 cm³/mol. The summed E-state index contributed by atoms with van der Waals surface area (Å²) >= 11 is 0. The van der Waals surface area contributed by atoms with Gasteiger partial charge in [-0.05, 0) is 45.7 Å². The first-order chi connectivity index (χ1) is 11.1. The minimum Gasteiger partial charge on any atom is -0.378 e. The Labute approximate surface area is 137 Å². The molecule has 5 nitrogen and oxygen atoms in total. The minimum atomic E-state index is -0.0550. The second kappa shape index (κ2) is 6.71. The molecule has 2 atom stereocenters. The second-order valence-corrected chi connectivity index (χ2v) is 6.52. The number of rotatable bonds is 4. The van der Waals surface area contributed by atoms with Crippen LogP contribution in [0.3, 0.4) is 0 Å². The topological polar surface area (TPSA) is 56.1 Å². The molecule has 1 aliphatic rings. The third-order valence-electron chi connectivity index (χ3n) is 4.55. The van der Waals surface area contributed by atoms with Crippen LogP contribution < -0.4 is 5.32 Å². The van der Waals surface area contributed by atoms with E-state index in [1.807, 2.05) is 25.1 Å². The van der Waals surface area contributed by atoms with Gasteiger partial charge in [-0.1, -0.05) is 12.1 Å². The molecule has 2 aromatic rings. The van der Waals surface area contributed by atoms with Crippen molar-refractivity contribution in [2.45, 2.75) is 52.3 Å². The number of aromatic nitrogens is 2. The van der Waals surface area contributed by atoms with Crippen LogP contribution in [0.15, 0.2) is 24.3 Å². The highest BCUT2D eigenvalue weighted by atomic mass is 16.5.